The van der Waals surface area contributed by atoms with Crippen LogP contribution >= 0.6 is 0 Å². The number of likely N-dealkylation sites (N-methyl/N-ethyl adjacent to an activating group) is 1. The molecule has 1 aromatic rings. The Bertz CT molecular complexity index is 452. The van der Waals surface area contributed by atoms with E-state index in [0.29, 0.717) is 0 Å². The molecule has 0 saturated carbocycles. The maximum Gasteiger partial charge on any atom is 0.251 e. The van der Waals surface area contributed by atoms with E-state index >= 15 is 0 Å². The Labute approximate surface area is 122 Å². The van der Waals surface area contributed by atoms with Crippen molar-refractivity contribution in [3.63, 3.8) is 0 Å². The molecular weight excluding hydrogens is 248 g/mol. The lowest BCUT2D eigenvalue weighted by molar-refractivity contribution is 0.0949. The van der Waals surface area contributed by atoms with Crippen molar-refractivity contribution in [2.45, 2.75) is 39.5 Å². The van der Waals surface area contributed by atoms with Crippen molar-refractivity contribution >= 4 is 5.91 Å². The fourth-order valence-corrected chi connectivity index (χ4v) is 2.84. The molecule has 0 heterocycles. The highest BCUT2D eigenvalue weighted by Gasteiger charge is 2.12. The van der Waals surface area contributed by atoms with Gasteiger partial charge in [-0.15, -0.1) is 0 Å². The summed E-state index contributed by atoms with van der Waals surface area (Å²) in [6, 6.07) is 6.19. The lowest BCUT2D eigenvalue weighted by Crippen LogP contribution is -2.34. The highest BCUT2D eigenvalue weighted by Crippen LogP contribution is 2.22. The summed E-state index contributed by atoms with van der Waals surface area (Å²) < 4.78 is 0. The van der Waals surface area contributed by atoms with Crippen molar-refractivity contribution < 1.29 is 4.79 Å². The third-order valence-corrected chi connectivity index (χ3v) is 4.22. The zero-order valence-corrected chi connectivity index (χ0v) is 12.7. The van der Waals surface area contributed by atoms with Gasteiger partial charge in [0.2, 0.25) is 0 Å². The van der Waals surface area contributed by atoms with E-state index in [1.165, 1.54) is 30.4 Å². The van der Waals surface area contributed by atoms with Crippen LogP contribution in [0.4, 0.5) is 0 Å². The topological polar surface area (TPSA) is 32.3 Å². The average molecular weight is 274 g/mol. The molecular formula is C17H26N2O. The highest BCUT2D eigenvalue weighted by molar-refractivity contribution is 5.94. The molecule has 1 aliphatic rings. The Balaban J connectivity index is 1.89. The predicted octanol–water partition coefficient (Wildman–Crippen LogP) is 2.64. The Morgan fingerprint density at radius 3 is 2.55 bits per heavy atom. The lowest BCUT2D eigenvalue weighted by atomic mass is 9.90. The molecule has 110 valence electrons. The fraction of sp³-hybridized carbons (Fsp3) is 0.588. The predicted molar refractivity (Wildman–Crippen MR) is 83.2 cm³/mol. The minimum Gasteiger partial charge on any atom is -0.351 e. The first-order chi connectivity index (χ1) is 9.74. The van der Waals surface area contributed by atoms with Crippen LogP contribution in [0.2, 0.25) is 0 Å². The van der Waals surface area contributed by atoms with E-state index in [2.05, 4.69) is 36.2 Å². The molecule has 0 aliphatic heterocycles. The summed E-state index contributed by atoms with van der Waals surface area (Å²) >= 11 is 0. The summed E-state index contributed by atoms with van der Waals surface area (Å²) in [6.07, 6.45) is 4.82. The number of hydrogen-bond donors (Lipinski definition) is 1. The van der Waals surface area contributed by atoms with E-state index in [1.807, 2.05) is 6.07 Å². The van der Waals surface area contributed by atoms with Crippen LogP contribution in [0.5, 0.6) is 0 Å². The van der Waals surface area contributed by atoms with Gasteiger partial charge in [0, 0.05) is 18.7 Å². The number of rotatable bonds is 6. The van der Waals surface area contributed by atoms with Gasteiger partial charge in [-0.3, -0.25) is 4.79 Å². The van der Waals surface area contributed by atoms with Gasteiger partial charge in [-0.05, 0) is 62.0 Å². The molecule has 1 aromatic carbocycles. The summed E-state index contributed by atoms with van der Waals surface area (Å²) in [6.45, 7) is 8.00. The van der Waals surface area contributed by atoms with Crippen LogP contribution < -0.4 is 5.32 Å². The van der Waals surface area contributed by atoms with E-state index in [9.17, 15) is 4.79 Å². The molecule has 1 amide bonds. The van der Waals surface area contributed by atoms with Gasteiger partial charge in [-0.1, -0.05) is 19.9 Å². The number of nitrogens with zero attached hydrogens (tertiary/aromatic N) is 1. The first-order valence-electron chi connectivity index (χ1n) is 7.87. The Morgan fingerprint density at radius 1 is 1.15 bits per heavy atom. The number of carbonyl (C=O) groups excluding carboxylic acids is 1. The van der Waals surface area contributed by atoms with Gasteiger partial charge in [-0.2, -0.15) is 0 Å². The maximum absolute atomic E-state index is 12.2. The molecule has 3 nitrogen and oxygen atoms in total. The van der Waals surface area contributed by atoms with Crippen LogP contribution in [-0.4, -0.2) is 37.0 Å². The van der Waals surface area contributed by atoms with Crippen LogP contribution in [0.1, 0.15) is 48.2 Å². The SMILES string of the molecule is CCN(CC)CCNC(=O)c1ccc2c(c1)CCCC2. The molecule has 0 atom stereocenters. The monoisotopic (exact) mass is 274 g/mol. The average Bonchev–Trinajstić information content (AvgIpc) is 2.51. The van der Waals surface area contributed by atoms with E-state index in [-0.39, 0.29) is 5.91 Å². The molecule has 20 heavy (non-hydrogen) atoms. The van der Waals surface area contributed by atoms with Crippen molar-refractivity contribution in [2.24, 2.45) is 0 Å². The summed E-state index contributed by atoms with van der Waals surface area (Å²) in [5.41, 5.74) is 3.61. The number of nitrogens with one attached hydrogen (secondary N) is 1. The number of hydrogen-bond acceptors (Lipinski definition) is 2. The maximum atomic E-state index is 12.2. The van der Waals surface area contributed by atoms with Gasteiger partial charge in [0.25, 0.3) is 5.91 Å². The molecule has 0 unspecified atom stereocenters. The first kappa shape index (κ1) is 15.0. The molecule has 1 N–H and O–H groups in total. The molecule has 0 fully saturated rings. The van der Waals surface area contributed by atoms with Crippen molar-refractivity contribution in [1.82, 2.24) is 10.2 Å². The van der Waals surface area contributed by atoms with E-state index in [0.717, 1.165) is 38.2 Å². The smallest absolute Gasteiger partial charge is 0.251 e. The van der Waals surface area contributed by atoms with Gasteiger partial charge >= 0.3 is 0 Å². The van der Waals surface area contributed by atoms with Gasteiger partial charge in [0.1, 0.15) is 0 Å². The second-order valence-electron chi connectivity index (χ2n) is 5.47. The van der Waals surface area contributed by atoms with Crippen LogP contribution in [0, 0.1) is 0 Å². The van der Waals surface area contributed by atoms with Crippen LogP contribution in [0.3, 0.4) is 0 Å². The Hall–Kier alpha value is -1.35. The molecule has 2 rings (SSSR count). The minimum atomic E-state index is 0.0607. The molecule has 0 bridgehead atoms. The highest BCUT2D eigenvalue weighted by atomic mass is 16.1. The van der Waals surface area contributed by atoms with Gasteiger partial charge in [0.15, 0.2) is 0 Å². The van der Waals surface area contributed by atoms with Crippen molar-refractivity contribution in [1.29, 1.82) is 0 Å². The third kappa shape index (κ3) is 3.83. The first-order valence-corrected chi connectivity index (χ1v) is 7.87. The fourth-order valence-electron chi connectivity index (χ4n) is 2.84. The zero-order valence-electron chi connectivity index (χ0n) is 12.7. The van der Waals surface area contributed by atoms with Crippen LogP contribution in [0.25, 0.3) is 0 Å². The number of amides is 1. The minimum absolute atomic E-state index is 0.0607. The molecule has 0 spiro atoms. The van der Waals surface area contributed by atoms with Crippen LogP contribution in [-0.2, 0) is 12.8 Å². The lowest BCUT2D eigenvalue weighted by Gasteiger charge is -2.19. The second kappa shape index (κ2) is 7.44. The van der Waals surface area contributed by atoms with Gasteiger partial charge < -0.3 is 10.2 Å². The summed E-state index contributed by atoms with van der Waals surface area (Å²) in [5, 5.41) is 3.02. The summed E-state index contributed by atoms with van der Waals surface area (Å²) in [5.74, 6) is 0.0607. The van der Waals surface area contributed by atoms with Gasteiger partial charge in [-0.25, -0.2) is 0 Å². The molecule has 0 saturated heterocycles. The third-order valence-electron chi connectivity index (χ3n) is 4.22. The molecule has 1 aliphatic carbocycles. The summed E-state index contributed by atoms with van der Waals surface area (Å²) in [7, 11) is 0. The number of aryl methyl sites for hydroxylation is 2. The van der Waals surface area contributed by atoms with Gasteiger partial charge in [0.05, 0.1) is 0 Å². The number of fused-ring (bicyclic) bond motifs is 1. The van der Waals surface area contributed by atoms with Crippen molar-refractivity contribution in [3.05, 3.63) is 34.9 Å². The summed E-state index contributed by atoms with van der Waals surface area (Å²) in [4.78, 5) is 14.5. The largest absolute Gasteiger partial charge is 0.351 e. The van der Waals surface area contributed by atoms with E-state index in [1.54, 1.807) is 0 Å². The van der Waals surface area contributed by atoms with E-state index < -0.39 is 0 Å². The van der Waals surface area contributed by atoms with Crippen molar-refractivity contribution in [2.75, 3.05) is 26.2 Å². The standard InChI is InChI=1S/C17H26N2O/c1-3-19(4-2)12-11-18-17(20)16-10-9-14-7-5-6-8-15(14)13-16/h9-10,13H,3-8,11-12H2,1-2H3,(H,18,20). The van der Waals surface area contributed by atoms with Crippen molar-refractivity contribution in [3.8, 4) is 0 Å². The van der Waals surface area contributed by atoms with E-state index in [4.69, 9.17) is 0 Å². The Morgan fingerprint density at radius 2 is 1.85 bits per heavy atom. The normalized spacial score (nSPS) is 14.2. The number of carbonyl (C=O) groups is 1. The molecule has 3 heteroatoms. The molecule has 0 aromatic heterocycles. The zero-order chi connectivity index (χ0) is 14.4. The second-order valence-corrected chi connectivity index (χ2v) is 5.47. The van der Waals surface area contributed by atoms with Crippen LogP contribution in [0.15, 0.2) is 18.2 Å². The number of benzene rings is 1. The Kier molecular flexibility index (Phi) is 5.60. The molecule has 0 radical (unpaired) electrons. The quantitative estimate of drug-likeness (QED) is 0.865.